The Morgan fingerprint density at radius 1 is 1.15 bits per heavy atom. The van der Waals surface area contributed by atoms with Crippen molar-refractivity contribution < 1.29 is 19.2 Å². The Hall–Kier alpha value is -2.84. The van der Waals surface area contributed by atoms with Crippen molar-refractivity contribution in [3.8, 4) is 11.5 Å². The lowest BCUT2D eigenvalue weighted by molar-refractivity contribution is -0.384. The Bertz CT molecular complexity index is 992. The Morgan fingerprint density at radius 2 is 1.85 bits per heavy atom. The van der Waals surface area contributed by atoms with Gasteiger partial charge in [-0.3, -0.25) is 19.8 Å². The molecule has 1 aliphatic rings. The van der Waals surface area contributed by atoms with Gasteiger partial charge >= 0.3 is 0 Å². The van der Waals surface area contributed by atoms with Crippen molar-refractivity contribution >= 4 is 28.9 Å². The maximum absolute atomic E-state index is 13.1. The first-order valence-corrected chi connectivity index (χ1v) is 11.4. The molecule has 1 aliphatic heterocycles. The zero-order valence-corrected chi connectivity index (χ0v) is 20.0. The fourth-order valence-electron chi connectivity index (χ4n) is 4.24. The lowest BCUT2D eigenvalue weighted by Crippen LogP contribution is -2.47. The average molecular weight is 476 g/mol. The first-order valence-electron chi connectivity index (χ1n) is 11.1. The van der Waals surface area contributed by atoms with E-state index in [2.05, 4.69) is 4.90 Å². The highest BCUT2D eigenvalue weighted by Crippen LogP contribution is 2.34. The summed E-state index contributed by atoms with van der Waals surface area (Å²) in [6, 6.07) is 10.1. The van der Waals surface area contributed by atoms with Crippen LogP contribution in [-0.4, -0.2) is 49.1 Å². The predicted molar refractivity (Wildman–Crippen MR) is 128 cm³/mol. The Morgan fingerprint density at radius 3 is 2.45 bits per heavy atom. The number of amides is 1. The summed E-state index contributed by atoms with van der Waals surface area (Å²) in [5.74, 6) is 1.29. The van der Waals surface area contributed by atoms with Crippen LogP contribution in [0.5, 0.6) is 11.5 Å². The largest absolute Gasteiger partial charge is 0.493 e. The smallest absolute Gasteiger partial charge is 0.269 e. The van der Waals surface area contributed by atoms with Crippen LogP contribution in [0.1, 0.15) is 38.2 Å². The Labute approximate surface area is 199 Å². The zero-order valence-electron chi connectivity index (χ0n) is 19.3. The molecule has 0 spiro atoms. The summed E-state index contributed by atoms with van der Waals surface area (Å²) in [7, 11) is 3.16. The molecule has 0 bridgehead atoms. The number of methoxy groups -OCH3 is 2. The maximum atomic E-state index is 13.1. The number of anilines is 1. The number of hydrogen-bond acceptors (Lipinski definition) is 6. The summed E-state index contributed by atoms with van der Waals surface area (Å²) in [5.41, 5.74) is 1.57. The van der Waals surface area contributed by atoms with E-state index in [-0.39, 0.29) is 17.6 Å². The van der Waals surface area contributed by atoms with Gasteiger partial charge in [-0.2, -0.15) is 0 Å². The number of non-ortho nitro benzene ring substituents is 1. The van der Waals surface area contributed by atoms with Crippen LogP contribution in [0.15, 0.2) is 36.4 Å². The topological polar surface area (TPSA) is 85.2 Å². The molecule has 3 rings (SSSR count). The van der Waals surface area contributed by atoms with Gasteiger partial charge in [-0.25, -0.2) is 0 Å². The van der Waals surface area contributed by atoms with Gasteiger partial charge in [0.05, 0.1) is 19.1 Å². The van der Waals surface area contributed by atoms with E-state index in [0.717, 1.165) is 43.6 Å². The first-order chi connectivity index (χ1) is 15.9. The number of piperidine rings is 1. The summed E-state index contributed by atoms with van der Waals surface area (Å²) in [6.45, 7) is 4.04. The van der Waals surface area contributed by atoms with Crippen LogP contribution in [0.25, 0.3) is 0 Å². The zero-order chi connectivity index (χ0) is 24.0. The highest BCUT2D eigenvalue weighted by atomic mass is 35.5. The van der Waals surface area contributed by atoms with Crippen LogP contribution in [0, 0.1) is 10.1 Å². The lowest BCUT2D eigenvalue weighted by atomic mass is 10.0. The molecule has 1 fully saturated rings. The van der Waals surface area contributed by atoms with Gasteiger partial charge < -0.3 is 14.4 Å². The van der Waals surface area contributed by atoms with Crippen molar-refractivity contribution in [2.75, 3.05) is 32.2 Å². The van der Waals surface area contributed by atoms with Crippen molar-refractivity contribution in [3.63, 3.8) is 0 Å². The van der Waals surface area contributed by atoms with Crippen molar-refractivity contribution in [1.82, 2.24) is 4.90 Å². The number of halogens is 1. The number of likely N-dealkylation sites (tertiary alicyclic amines) is 1. The molecule has 0 unspecified atom stereocenters. The summed E-state index contributed by atoms with van der Waals surface area (Å²) in [5, 5.41) is 11.6. The van der Waals surface area contributed by atoms with E-state index in [1.165, 1.54) is 12.1 Å². The van der Waals surface area contributed by atoms with Gasteiger partial charge in [0.25, 0.3) is 5.69 Å². The molecule has 2 aromatic carbocycles. The molecule has 1 amide bonds. The number of carbonyl (C=O) groups is 1. The number of rotatable bonds is 9. The van der Waals surface area contributed by atoms with Crippen LogP contribution in [0.4, 0.5) is 11.4 Å². The van der Waals surface area contributed by atoms with E-state index >= 15 is 0 Å². The number of nitro groups is 1. The number of ether oxygens (including phenoxy) is 2. The van der Waals surface area contributed by atoms with Crippen molar-refractivity contribution in [2.45, 2.75) is 45.2 Å². The molecule has 0 N–H and O–H groups in total. The molecule has 9 heteroatoms. The SMILES string of the molecule is CCCC(=O)N(c1ccc(OC)c(OC)c1)C1CCN(Cc2cc([N+](=O)[O-])ccc2Cl)CC1. The third-order valence-electron chi connectivity index (χ3n) is 5.93. The summed E-state index contributed by atoms with van der Waals surface area (Å²) in [4.78, 5) is 27.9. The van der Waals surface area contributed by atoms with E-state index < -0.39 is 4.92 Å². The summed E-state index contributed by atoms with van der Waals surface area (Å²) >= 11 is 6.28. The third kappa shape index (κ3) is 5.94. The van der Waals surface area contributed by atoms with Gasteiger partial charge in [-0.1, -0.05) is 18.5 Å². The van der Waals surface area contributed by atoms with Crippen LogP contribution in [0.2, 0.25) is 5.02 Å². The fraction of sp³-hybridized carbons (Fsp3) is 0.458. The van der Waals surface area contributed by atoms with Crippen molar-refractivity contribution in [3.05, 3.63) is 57.1 Å². The second kappa shape index (κ2) is 11.3. The Kier molecular flexibility index (Phi) is 8.52. The minimum atomic E-state index is -0.410. The van der Waals surface area contributed by atoms with E-state index in [1.807, 2.05) is 30.0 Å². The fourth-order valence-corrected chi connectivity index (χ4v) is 4.42. The van der Waals surface area contributed by atoms with Crippen molar-refractivity contribution in [1.29, 1.82) is 0 Å². The van der Waals surface area contributed by atoms with E-state index in [1.54, 1.807) is 20.3 Å². The summed E-state index contributed by atoms with van der Waals surface area (Å²) in [6.07, 6.45) is 2.82. The number of carbonyl (C=O) groups excluding carboxylic acids is 1. The van der Waals surface area contributed by atoms with E-state index in [9.17, 15) is 14.9 Å². The molecule has 0 radical (unpaired) electrons. The summed E-state index contributed by atoms with van der Waals surface area (Å²) < 4.78 is 10.8. The van der Waals surface area contributed by atoms with Crippen LogP contribution >= 0.6 is 11.6 Å². The molecule has 2 aromatic rings. The third-order valence-corrected chi connectivity index (χ3v) is 6.30. The molecule has 0 aromatic heterocycles. The van der Waals surface area contributed by atoms with Crippen LogP contribution in [-0.2, 0) is 11.3 Å². The molecule has 0 aliphatic carbocycles. The maximum Gasteiger partial charge on any atom is 0.269 e. The van der Waals surface area contributed by atoms with Crippen molar-refractivity contribution in [2.24, 2.45) is 0 Å². The number of nitro benzene ring substituents is 1. The van der Waals surface area contributed by atoms with Crippen LogP contribution < -0.4 is 14.4 Å². The number of hydrogen-bond donors (Lipinski definition) is 0. The van der Waals surface area contributed by atoms with Gasteiger partial charge in [0.2, 0.25) is 5.91 Å². The molecular formula is C24H30ClN3O5. The molecule has 1 heterocycles. The molecule has 0 atom stereocenters. The molecule has 33 heavy (non-hydrogen) atoms. The normalized spacial score (nSPS) is 14.7. The van der Waals surface area contributed by atoms with Gasteiger partial charge in [-0.15, -0.1) is 0 Å². The second-order valence-corrected chi connectivity index (χ2v) is 8.50. The first kappa shape index (κ1) is 24.8. The molecule has 1 saturated heterocycles. The van der Waals surface area contributed by atoms with Gasteiger partial charge in [-0.05, 0) is 43.0 Å². The molecule has 0 saturated carbocycles. The van der Waals surface area contributed by atoms with Gasteiger partial charge in [0.15, 0.2) is 11.5 Å². The number of benzene rings is 2. The monoisotopic (exact) mass is 475 g/mol. The second-order valence-electron chi connectivity index (χ2n) is 8.09. The quantitative estimate of drug-likeness (QED) is 0.372. The van der Waals surface area contributed by atoms with Crippen LogP contribution in [0.3, 0.4) is 0 Å². The van der Waals surface area contributed by atoms with E-state index in [4.69, 9.17) is 21.1 Å². The van der Waals surface area contributed by atoms with E-state index in [0.29, 0.717) is 29.5 Å². The molecular weight excluding hydrogens is 446 g/mol. The highest BCUT2D eigenvalue weighted by Gasteiger charge is 2.29. The molecule has 178 valence electrons. The minimum absolute atomic E-state index is 0.0362. The minimum Gasteiger partial charge on any atom is -0.493 e. The predicted octanol–water partition coefficient (Wildman–Crippen LogP) is 5.06. The lowest BCUT2D eigenvalue weighted by Gasteiger charge is -2.39. The van der Waals surface area contributed by atoms with Gasteiger partial charge in [0.1, 0.15) is 0 Å². The number of nitrogens with zero attached hydrogens (tertiary/aromatic N) is 3. The highest BCUT2D eigenvalue weighted by molar-refractivity contribution is 6.31. The van der Waals surface area contributed by atoms with Gasteiger partial charge in [0, 0.05) is 61.0 Å². The Balaban J connectivity index is 1.75. The average Bonchev–Trinajstić information content (AvgIpc) is 2.81. The standard InChI is InChI=1S/C24H30ClN3O5/c1-4-5-24(29)27(19-7-9-22(32-2)23(15-19)33-3)18-10-12-26(13-11-18)16-17-14-20(28(30)31)6-8-21(17)25/h6-9,14-15,18H,4-5,10-13,16H2,1-3H3. The molecule has 8 nitrogen and oxygen atoms in total.